The number of ether oxygens (including phenoxy) is 1. The van der Waals surface area contributed by atoms with E-state index in [1.54, 1.807) is 50.6 Å². The second-order valence-corrected chi connectivity index (χ2v) is 7.90. The Morgan fingerprint density at radius 3 is 2.44 bits per heavy atom. The Bertz CT molecular complexity index is 907. The van der Waals surface area contributed by atoms with Gasteiger partial charge in [-0.25, -0.2) is 8.42 Å². The zero-order valence-electron chi connectivity index (χ0n) is 14.4. The fourth-order valence-electron chi connectivity index (χ4n) is 2.94. The molecule has 0 bridgehead atoms. The second-order valence-electron chi connectivity index (χ2n) is 5.99. The molecule has 0 radical (unpaired) electrons. The summed E-state index contributed by atoms with van der Waals surface area (Å²) < 4.78 is 30.3. The van der Waals surface area contributed by atoms with Crippen molar-refractivity contribution in [3.8, 4) is 5.75 Å². The molecule has 132 valence electrons. The molecule has 1 aliphatic heterocycles. The van der Waals surface area contributed by atoms with E-state index in [2.05, 4.69) is 0 Å². The van der Waals surface area contributed by atoms with Crippen LogP contribution in [0.1, 0.15) is 15.9 Å². The van der Waals surface area contributed by atoms with Gasteiger partial charge < -0.3 is 9.64 Å². The lowest BCUT2D eigenvalue weighted by Gasteiger charge is -2.20. The number of amides is 1. The lowest BCUT2D eigenvalue weighted by molar-refractivity contribution is 0.0993. The molecule has 3 rings (SSSR count). The Morgan fingerprint density at radius 1 is 1.16 bits per heavy atom. The topological polar surface area (TPSA) is 66.9 Å². The monoisotopic (exact) mass is 360 g/mol. The molecule has 0 aromatic heterocycles. The predicted octanol–water partition coefficient (Wildman–Crippen LogP) is 2.29. The van der Waals surface area contributed by atoms with Crippen molar-refractivity contribution < 1.29 is 17.9 Å². The first-order valence-corrected chi connectivity index (χ1v) is 9.69. The third-order valence-electron chi connectivity index (χ3n) is 4.35. The molecule has 1 amide bonds. The quantitative estimate of drug-likeness (QED) is 0.839. The molecule has 1 heterocycles. The number of carbonyl (C=O) groups excluding carboxylic acids is 1. The van der Waals surface area contributed by atoms with Gasteiger partial charge in [0.2, 0.25) is 10.0 Å². The minimum atomic E-state index is -3.34. The summed E-state index contributed by atoms with van der Waals surface area (Å²) in [5, 5.41) is 0. The van der Waals surface area contributed by atoms with Crippen LogP contribution in [0.4, 0.5) is 11.4 Å². The van der Waals surface area contributed by atoms with E-state index in [4.69, 9.17) is 4.74 Å². The average Bonchev–Trinajstić information content (AvgIpc) is 3.04. The smallest absolute Gasteiger partial charge is 0.258 e. The van der Waals surface area contributed by atoms with Crippen molar-refractivity contribution in [1.82, 2.24) is 0 Å². The molecule has 2 aromatic rings. The first-order valence-electron chi connectivity index (χ1n) is 7.84. The molecule has 2 aromatic carbocycles. The van der Waals surface area contributed by atoms with Gasteiger partial charge in [0.1, 0.15) is 5.75 Å². The molecule has 25 heavy (non-hydrogen) atoms. The maximum atomic E-state index is 12.8. The summed E-state index contributed by atoms with van der Waals surface area (Å²) in [7, 11) is -0.0725. The van der Waals surface area contributed by atoms with Gasteiger partial charge in [-0.3, -0.25) is 9.10 Å². The normalized spacial score (nSPS) is 13.5. The molecule has 0 unspecified atom stereocenters. The van der Waals surface area contributed by atoms with Gasteiger partial charge in [0.25, 0.3) is 5.91 Å². The molecular formula is C18H20N2O4S. The maximum Gasteiger partial charge on any atom is 0.258 e. The van der Waals surface area contributed by atoms with Crippen molar-refractivity contribution in [2.75, 3.05) is 36.2 Å². The molecule has 0 saturated heterocycles. The number of sulfonamides is 1. The Morgan fingerprint density at radius 2 is 1.84 bits per heavy atom. The summed E-state index contributed by atoms with van der Waals surface area (Å²) >= 11 is 0. The van der Waals surface area contributed by atoms with Crippen molar-refractivity contribution >= 4 is 27.3 Å². The maximum absolute atomic E-state index is 12.8. The van der Waals surface area contributed by atoms with E-state index in [0.717, 1.165) is 11.3 Å². The van der Waals surface area contributed by atoms with Gasteiger partial charge in [-0.2, -0.15) is 0 Å². The first kappa shape index (κ1) is 17.3. The van der Waals surface area contributed by atoms with Crippen LogP contribution in [0.3, 0.4) is 0 Å². The van der Waals surface area contributed by atoms with Gasteiger partial charge in [-0.15, -0.1) is 0 Å². The minimum Gasteiger partial charge on any atom is -0.497 e. The highest BCUT2D eigenvalue weighted by Gasteiger charge is 2.27. The number of methoxy groups -OCH3 is 1. The predicted molar refractivity (Wildman–Crippen MR) is 98.1 cm³/mol. The molecule has 0 spiro atoms. The number of fused-ring (bicyclic) bond motifs is 1. The lowest BCUT2D eigenvalue weighted by atomic mass is 10.1. The SMILES string of the molecule is COc1ccc(N(C)C(=O)c2ccc3c(c2)N(S(C)(=O)=O)CC3)cc1. The van der Waals surface area contributed by atoms with Gasteiger partial charge >= 0.3 is 0 Å². The minimum absolute atomic E-state index is 0.201. The van der Waals surface area contributed by atoms with Crippen molar-refractivity contribution in [1.29, 1.82) is 0 Å². The Balaban J connectivity index is 1.90. The summed E-state index contributed by atoms with van der Waals surface area (Å²) in [6.45, 7) is 0.417. The van der Waals surface area contributed by atoms with Crippen LogP contribution in [0.25, 0.3) is 0 Å². The summed E-state index contributed by atoms with van der Waals surface area (Å²) in [6.07, 6.45) is 1.84. The Hall–Kier alpha value is -2.54. The number of carbonyl (C=O) groups is 1. The van der Waals surface area contributed by atoms with Gasteiger partial charge in [-0.05, 0) is 48.4 Å². The van der Waals surface area contributed by atoms with Crippen LogP contribution in [0.5, 0.6) is 5.75 Å². The van der Waals surface area contributed by atoms with Crippen molar-refractivity contribution in [3.63, 3.8) is 0 Å². The van der Waals surface area contributed by atoms with E-state index in [1.807, 2.05) is 6.07 Å². The Labute approximate surface area is 147 Å². The van der Waals surface area contributed by atoms with Gasteiger partial charge in [0.05, 0.1) is 19.1 Å². The summed E-state index contributed by atoms with van der Waals surface area (Å²) in [4.78, 5) is 14.3. The molecule has 7 heteroatoms. The third kappa shape index (κ3) is 3.32. The molecule has 0 saturated carbocycles. The molecule has 6 nitrogen and oxygen atoms in total. The van der Waals surface area contributed by atoms with Crippen molar-refractivity contribution in [3.05, 3.63) is 53.6 Å². The number of hydrogen-bond acceptors (Lipinski definition) is 4. The number of nitrogens with zero attached hydrogens (tertiary/aromatic N) is 2. The van der Waals surface area contributed by atoms with E-state index < -0.39 is 10.0 Å². The Kier molecular flexibility index (Phi) is 4.43. The van der Waals surface area contributed by atoms with E-state index >= 15 is 0 Å². The van der Waals surface area contributed by atoms with Crippen LogP contribution in [0, 0.1) is 0 Å². The highest BCUT2D eigenvalue weighted by atomic mass is 32.2. The number of benzene rings is 2. The van der Waals surface area contributed by atoms with Crippen LogP contribution < -0.4 is 13.9 Å². The van der Waals surface area contributed by atoms with E-state index in [-0.39, 0.29) is 5.91 Å². The largest absolute Gasteiger partial charge is 0.497 e. The van der Waals surface area contributed by atoms with Gasteiger partial charge in [-0.1, -0.05) is 6.07 Å². The molecule has 1 aliphatic rings. The summed E-state index contributed by atoms with van der Waals surface area (Å²) in [6, 6.07) is 12.4. The molecule has 0 atom stereocenters. The van der Waals surface area contributed by atoms with Crippen LogP contribution in [-0.2, 0) is 16.4 Å². The number of hydrogen-bond donors (Lipinski definition) is 0. The van der Waals surface area contributed by atoms with E-state index in [0.29, 0.717) is 30.0 Å². The first-order chi connectivity index (χ1) is 11.8. The van der Waals surface area contributed by atoms with Gasteiger partial charge in [0.15, 0.2) is 0 Å². The van der Waals surface area contributed by atoms with Crippen LogP contribution in [0.2, 0.25) is 0 Å². The second kappa shape index (κ2) is 6.40. The standard InChI is InChI=1S/C18H20N2O4S/c1-19(15-6-8-16(24-2)9-7-15)18(21)14-5-4-13-10-11-20(17(13)12-14)25(3,22)23/h4-9,12H,10-11H2,1-3H3. The molecule has 0 N–H and O–H groups in total. The average molecular weight is 360 g/mol. The van der Waals surface area contributed by atoms with Crippen molar-refractivity contribution in [2.24, 2.45) is 0 Å². The highest BCUT2D eigenvalue weighted by molar-refractivity contribution is 7.92. The third-order valence-corrected chi connectivity index (χ3v) is 5.53. The summed E-state index contributed by atoms with van der Waals surface area (Å²) in [5.41, 5.74) is 2.71. The fourth-order valence-corrected chi connectivity index (χ4v) is 3.89. The summed E-state index contributed by atoms with van der Waals surface area (Å²) in [5.74, 6) is 0.513. The molecule has 0 aliphatic carbocycles. The number of rotatable bonds is 4. The fraction of sp³-hybridized carbons (Fsp3) is 0.278. The molecular weight excluding hydrogens is 340 g/mol. The highest BCUT2D eigenvalue weighted by Crippen LogP contribution is 2.31. The van der Waals surface area contributed by atoms with Crippen LogP contribution in [0.15, 0.2) is 42.5 Å². The van der Waals surface area contributed by atoms with E-state index in [1.165, 1.54) is 15.5 Å². The van der Waals surface area contributed by atoms with Crippen molar-refractivity contribution in [2.45, 2.75) is 6.42 Å². The number of anilines is 2. The lowest BCUT2D eigenvalue weighted by Crippen LogP contribution is -2.28. The molecule has 0 fully saturated rings. The van der Waals surface area contributed by atoms with Crippen LogP contribution >= 0.6 is 0 Å². The van der Waals surface area contributed by atoms with Gasteiger partial charge in [0, 0.05) is 24.8 Å². The van der Waals surface area contributed by atoms with Crippen LogP contribution in [-0.4, -0.2) is 41.3 Å². The zero-order valence-corrected chi connectivity index (χ0v) is 15.2. The van der Waals surface area contributed by atoms with E-state index in [9.17, 15) is 13.2 Å². The zero-order chi connectivity index (χ0) is 18.2.